The minimum absolute atomic E-state index is 0.104. The highest BCUT2D eigenvalue weighted by atomic mass is 19.4. The minimum atomic E-state index is -5.08. The SMILES string of the molecule is CC(C)N(C(=O)CC(N)=O)C(C)C.O=C(O)C(F)(F)F. The van der Waals surface area contributed by atoms with Gasteiger partial charge >= 0.3 is 12.1 Å². The van der Waals surface area contributed by atoms with E-state index < -0.39 is 18.1 Å². The van der Waals surface area contributed by atoms with Crippen LogP contribution in [0.2, 0.25) is 0 Å². The summed E-state index contributed by atoms with van der Waals surface area (Å²) in [5, 5.41) is 7.12. The van der Waals surface area contributed by atoms with Gasteiger partial charge in [-0.15, -0.1) is 0 Å². The Morgan fingerprint density at radius 2 is 1.40 bits per heavy atom. The maximum atomic E-state index is 11.5. The third kappa shape index (κ3) is 9.17. The average Bonchev–Trinajstić information content (AvgIpc) is 2.13. The molecule has 0 atom stereocenters. The van der Waals surface area contributed by atoms with Gasteiger partial charge < -0.3 is 15.7 Å². The number of nitrogens with two attached hydrogens (primary N) is 1. The zero-order valence-corrected chi connectivity index (χ0v) is 11.7. The Balaban J connectivity index is 0. The molecule has 6 nitrogen and oxygen atoms in total. The Morgan fingerprint density at radius 3 is 1.55 bits per heavy atom. The van der Waals surface area contributed by atoms with Gasteiger partial charge in [-0.25, -0.2) is 4.79 Å². The number of carboxylic acid groups (broad SMARTS) is 1. The van der Waals surface area contributed by atoms with Crippen LogP contribution in [0.5, 0.6) is 0 Å². The molecule has 0 aliphatic heterocycles. The van der Waals surface area contributed by atoms with Crippen LogP contribution in [-0.4, -0.2) is 46.1 Å². The van der Waals surface area contributed by atoms with Gasteiger partial charge in [0.05, 0.1) is 0 Å². The van der Waals surface area contributed by atoms with Gasteiger partial charge in [0.1, 0.15) is 6.42 Å². The number of halogens is 3. The molecule has 2 amide bonds. The summed E-state index contributed by atoms with van der Waals surface area (Å²) in [6, 6.07) is 0.207. The van der Waals surface area contributed by atoms with E-state index in [0.29, 0.717) is 0 Å². The van der Waals surface area contributed by atoms with Gasteiger partial charge in [-0.2, -0.15) is 13.2 Å². The Kier molecular flexibility index (Phi) is 8.60. The van der Waals surface area contributed by atoms with Gasteiger partial charge in [0.2, 0.25) is 11.8 Å². The lowest BCUT2D eigenvalue weighted by molar-refractivity contribution is -0.192. The van der Waals surface area contributed by atoms with Crippen LogP contribution < -0.4 is 5.73 Å². The maximum absolute atomic E-state index is 11.5. The van der Waals surface area contributed by atoms with E-state index in [1.807, 2.05) is 27.7 Å². The predicted molar refractivity (Wildman–Crippen MR) is 64.6 cm³/mol. The van der Waals surface area contributed by atoms with E-state index in [2.05, 4.69) is 0 Å². The van der Waals surface area contributed by atoms with Crippen LogP contribution in [0.1, 0.15) is 34.1 Å². The highest BCUT2D eigenvalue weighted by molar-refractivity contribution is 5.96. The zero-order chi connectivity index (χ0) is 16.7. The number of carboxylic acids is 1. The number of hydrogen-bond donors (Lipinski definition) is 2. The van der Waals surface area contributed by atoms with Crippen LogP contribution in [0.3, 0.4) is 0 Å². The van der Waals surface area contributed by atoms with E-state index in [4.69, 9.17) is 15.6 Å². The second-order valence-corrected chi connectivity index (χ2v) is 4.43. The molecule has 0 saturated carbocycles. The zero-order valence-electron chi connectivity index (χ0n) is 11.7. The van der Waals surface area contributed by atoms with Crippen molar-refractivity contribution in [1.82, 2.24) is 4.90 Å². The molecule has 0 heterocycles. The van der Waals surface area contributed by atoms with Gasteiger partial charge in [0.25, 0.3) is 0 Å². The number of nitrogens with zero attached hydrogens (tertiary/aromatic N) is 1. The highest BCUT2D eigenvalue weighted by Crippen LogP contribution is 2.13. The van der Waals surface area contributed by atoms with Gasteiger partial charge in [0, 0.05) is 12.1 Å². The number of primary amides is 1. The molecule has 0 aromatic heterocycles. The molecule has 0 saturated heterocycles. The molecule has 118 valence electrons. The van der Waals surface area contributed by atoms with Crippen molar-refractivity contribution in [2.45, 2.75) is 52.4 Å². The van der Waals surface area contributed by atoms with Crippen LogP contribution in [-0.2, 0) is 14.4 Å². The first-order valence-electron chi connectivity index (χ1n) is 5.70. The fourth-order valence-electron chi connectivity index (χ4n) is 1.41. The fraction of sp³-hybridized carbons (Fsp3) is 0.727. The normalized spacial score (nSPS) is 10.8. The molecule has 0 aromatic carbocycles. The molecule has 0 aromatic rings. The molecule has 0 spiro atoms. The summed E-state index contributed by atoms with van der Waals surface area (Å²) < 4.78 is 31.7. The first-order valence-corrected chi connectivity index (χ1v) is 5.70. The Labute approximate surface area is 114 Å². The van der Waals surface area contributed by atoms with E-state index >= 15 is 0 Å². The topological polar surface area (TPSA) is 101 Å². The van der Waals surface area contributed by atoms with Crippen LogP contribution in [0, 0.1) is 0 Å². The lowest BCUT2D eigenvalue weighted by Crippen LogP contribution is -2.43. The van der Waals surface area contributed by atoms with E-state index in [9.17, 15) is 22.8 Å². The molecule has 0 bridgehead atoms. The highest BCUT2D eigenvalue weighted by Gasteiger charge is 2.38. The third-order valence-electron chi connectivity index (χ3n) is 1.97. The number of amides is 2. The molecule has 9 heteroatoms. The van der Waals surface area contributed by atoms with Crippen molar-refractivity contribution in [2.24, 2.45) is 5.73 Å². The number of carbonyl (C=O) groups excluding carboxylic acids is 2. The molecule has 0 fully saturated rings. The number of rotatable bonds is 4. The van der Waals surface area contributed by atoms with Crippen LogP contribution in [0.25, 0.3) is 0 Å². The molecular formula is C11H19F3N2O4. The summed E-state index contributed by atoms with van der Waals surface area (Å²) in [6.45, 7) is 7.66. The molecule has 0 radical (unpaired) electrons. The largest absolute Gasteiger partial charge is 0.490 e. The standard InChI is InChI=1S/C9H18N2O2.C2HF3O2/c1-6(2)11(7(3)4)9(13)5-8(10)12;3-2(4,5)1(6)7/h6-7H,5H2,1-4H3,(H2,10,12);(H,6,7). The molecule has 0 aliphatic rings. The second-order valence-electron chi connectivity index (χ2n) is 4.43. The second kappa shape index (κ2) is 8.39. The quantitative estimate of drug-likeness (QED) is 0.760. The van der Waals surface area contributed by atoms with Crippen LogP contribution >= 0.6 is 0 Å². The van der Waals surface area contributed by atoms with Gasteiger partial charge in [-0.3, -0.25) is 9.59 Å². The van der Waals surface area contributed by atoms with Crippen molar-refractivity contribution >= 4 is 17.8 Å². The number of hydrogen-bond acceptors (Lipinski definition) is 3. The van der Waals surface area contributed by atoms with Crippen molar-refractivity contribution in [1.29, 1.82) is 0 Å². The van der Waals surface area contributed by atoms with Crippen LogP contribution in [0.15, 0.2) is 0 Å². The van der Waals surface area contributed by atoms with E-state index in [1.54, 1.807) is 4.90 Å². The third-order valence-corrected chi connectivity index (χ3v) is 1.97. The average molecular weight is 300 g/mol. The monoisotopic (exact) mass is 300 g/mol. The Hall–Kier alpha value is -1.80. The van der Waals surface area contributed by atoms with E-state index in [-0.39, 0.29) is 24.4 Å². The number of carbonyl (C=O) groups is 3. The minimum Gasteiger partial charge on any atom is -0.475 e. The van der Waals surface area contributed by atoms with Crippen LogP contribution in [0.4, 0.5) is 13.2 Å². The molecular weight excluding hydrogens is 281 g/mol. The first kappa shape index (κ1) is 20.5. The van der Waals surface area contributed by atoms with Crippen molar-refractivity contribution < 1.29 is 32.7 Å². The van der Waals surface area contributed by atoms with Gasteiger partial charge in [0.15, 0.2) is 0 Å². The van der Waals surface area contributed by atoms with Crippen molar-refractivity contribution in [3.05, 3.63) is 0 Å². The summed E-state index contributed by atoms with van der Waals surface area (Å²) in [4.78, 5) is 32.5. The lowest BCUT2D eigenvalue weighted by atomic mass is 10.2. The fourth-order valence-corrected chi connectivity index (χ4v) is 1.41. The number of aliphatic carboxylic acids is 1. The molecule has 0 aliphatic carbocycles. The summed E-state index contributed by atoms with van der Waals surface area (Å²) >= 11 is 0. The molecule has 20 heavy (non-hydrogen) atoms. The van der Waals surface area contributed by atoms with Crippen molar-refractivity contribution in [2.75, 3.05) is 0 Å². The van der Waals surface area contributed by atoms with E-state index in [1.165, 1.54) is 0 Å². The van der Waals surface area contributed by atoms with E-state index in [0.717, 1.165) is 0 Å². The first-order chi connectivity index (χ1) is 8.80. The summed E-state index contributed by atoms with van der Waals surface area (Å²) in [5.41, 5.74) is 4.95. The molecule has 0 unspecified atom stereocenters. The summed E-state index contributed by atoms with van der Waals surface area (Å²) in [6.07, 6.45) is -5.28. The predicted octanol–water partition coefficient (Wildman–Crippen LogP) is 1.14. The van der Waals surface area contributed by atoms with Crippen molar-refractivity contribution in [3.63, 3.8) is 0 Å². The lowest BCUT2D eigenvalue weighted by Gasteiger charge is -2.30. The molecule has 3 N–H and O–H groups in total. The molecule has 0 rings (SSSR count). The number of alkyl halides is 3. The smallest absolute Gasteiger partial charge is 0.475 e. The van der Waals surface area contributed by atoms with Crippen molar-refractivity contribution in [3.8, 4) is 0 Å². The Morgan fingerprint density at radius 1 is 1.10 bits per heavy atom. The summed E-state index contributed by atoms with van der Waals surface area (Å²) in [7, 11) is 0. The summed E-state index contributed by atoms with van der Waals surface area (Å²) in [5.74, 6) is -3.53. The maximum Gasteiger partial charge on any atom is 0.490 e. The Bertz CT molecular complexity index is 346. The van der Waals surface area contributed by atoms with Gasteiger partial charge in [-0.05, 0) is 27.7 Å². The van der Waals surface area contributed by atoms with Gasteiger partial charge in [-0.1, -0.05) is 0 Å².